The number of fused-ring (bicyclic) bond motifs is 6. The van der Waals surface area contributed by atoms with Crippen LogP contribution < -0.4 is 70.4 Å². The number of hydrogen-bond donors (Lipinski definition) is 15. The highest BCUT2D eigenvalue weighted by atomic mass is 35.5. The first-order valence-electron chi connectivity index (χ1n) is 32.7. The van der Waals surface area contributed by atoms with Crippen molar-refractivity contribution in [2.45, 2.75) is 185 Å². The van der Waals surface area contributed by atoms with Crippen molar-refractivity contribution in [1.82, 2.24) is 58.1 Å². The number of nitrogens with zero attached hydrogens (tertiary/aromatic N) is 8. The average Bonchev–Trinajstić information content (AvgIpc) is 1.59. The van der Waals surface area contributed by atoms with Crippen LogP contribution in [0.2, 0.25) is 0 Å². The standard InChI is InChI=1S/C21H28N4O8S.C15H21N5O7S.C13H16N4O6S.C10H12N4O6S.2ClH/c1-8(2)10(6-9(3)26)18(28)30-7-11-12-13(33-21(4,5)32-12)17(31-11)25-15-14(34-20(25)29)16(27)24-19(22)23-15;1-4(2)6(16)13(24)26-3-5-7(21)8(22)12(27-5)20-10-9(28-15(20)25)11(23)19-14(17)18-10;1-13(2)22-5-4(3-18)21-10(6(5)23-13)17-8-7(24-12(17)20)9(19)16-11(14)15-8;11-9-12-6-5(7(18)13-9)21-10(19)14(6)8-4(17)3(16)2(1-15)20-8;;/h8,10-13,17H,6-7H2,1-5H3,(H3,22,23,24,27);4-8,12,21-22H,3,16H2,1-2H3,(H3,17,18,19,23);4-6,10,18H,3H2,1-2H3,(H3,14,15,16,19);2-4,8,15-17H,1H2,(H3,11,12,13,18);2*1H/t10-,11+,12+,13?,17+;5-,6+,7-,8-,12-;4-,5-,6?,10-;2-,3-,4-,8-;;/m0111../s1. The second-order valence-electron chi connectivity index (χ2n) is 26.9. The van der Waals surface area contributed by atoms with Gasteiger partial charge in [0.2, 0.25) is 23.8 Å². The third kappa shape index (κ3) is 17.0. The van der Waals surface area contributed by atoms with Gasteiger partial charge in [-0.1, -0.05) is 73.0 Å². The number of carbonyl (C=O) groups is 3. The van der Waals surface area contributed by atoms with Crippen molar-refractivity contribution >= 4 is 153 Å². The second kappa shape index (κ2) is 33.2. The summed E-state index contributed by atoms with van der Waals surface area (Å²) in [7, 11) is 0. The number of anilines is 4. The smallest absolute Gasteiger partial charge is 0.323 e. The SMILES string of the molecule is CC(=O)C[C@H](C(=O)OC[C@H]1O[C@@H](n2c(=O)sc3c(=O)[nH]c(N)nc32)C2OC(C)(C)O[C@@H]21)C(C)C.CC(C)[C@H](N)C(=O)OC[C@H]1O[C@@H](n2c(=O)sc3c(=O)[nH]c(N)nc32)[C@H](O)[C@@H]1O.CC1(C)OC2[C@H](n3c(=O)sc4c(=O)[nH]c(N)nc43)O[C@H](CO)[C@H]2O1.Cl.Cl.Nc1nc2c(sc(=O)n2[C@@H]2O[C@H](CO)[C@@H](O)[C@H]2O)c(=O)[nH]1. The van der Waals surface area contributed by atoms with E-state index in [1.807, 2.05) is 13.8 Å². The summed E-state index contributed by atoms with van der Waals surface area (Å²) in [6.07, 6.45) is -16.2. The van der Waals surface area contributed by atoms with Gasteiger partial charge in [-0.05, 0) is 46.5 Å². The molecule has 14 rings (SSSR count). The zero-order valence-electron chi connectivity index (χ0n) is 58.8. The van der Waals surface area contributed by atoms with Crippen molar-refractivity contribution in [1.29, 1.82) is 0 Å². The predicted octanol–water partition coefficient (Wildman–Crippen LogP) is -3.86. The number of aliphatic hydroxyl groups excluding tert-OH is 6. The maximum absolute atomic E-state index is 12.8. The molecule has 44 nitrogen and oxygen atoms in total. The Hall–Kier alpha value is -7.93. The van der Waals surface area contributed by atoms with Crippen molar-refractivity contribution in [2.24, 2.45) is 23.5 Å². The summed E-state index contributed by atoms with van der Waals surface area (Å²) in [4.78, 5) is 157. The molecule has 20 N–H and O–H groups in total. The molecule has 6 saturated heterocycles. The van der Waals surface area contributed by atoms with Crippen LogP contribution >= 0.6 is 70.2 Å². The topological polar surface area (TPSA) is 666 Å². The van der Waals surface area contributed by atoms with E-state index < -0.39 is 182 Å². The molecule has 109 heavy (non-hydrogen) atoms. The third-order valence-corrected chi connectivity index (χ3v) is 21.4. The van der Waals surface area contributed by atoms with Gasteiger partial charge in [0, 0.05) is 6.42 Å². The van der Waals surface area contributed by atoms with Crippen molar-refractivity contribution in [3.05, 3.63) is 80.1 Å². The molecule has 0 bridgehead atoms. The van der Waals surface area contributed by atoms with Gasteiger partial charge in [-0.2, -0.15) is 19.9 Å². The highest BCUT2D eigenvalue weighted by Crippen LogP contribution is 2.46. The first-order valence-corrected chi connectivity index (χ1v) is 36.0. The Morgan fingerprint density at radius 1 is 0.468 bits per heavy atom. The van der Waals surface area contributed by atoms with Crippen LogP contribution in [0.15, 0.2) is 38.4 Å². The van der Waals surface area contributed by atoms with Crippen molar-refractivity contribution < 1.29 is 92.4 Å². The van der Waals surface area contributed by atoms with E-state index in [1.54, 1.807) is 41.5 Å². The molecule has 600 valence electrons. The first kappa shape index (κ1) is 85.1. The van der Waals surface area contributed by atoms with Crippen LogP contribution in [-0.2, 0) is 61.8 Å². The van der Waals surface area contributed by atoms with Crippen LogP contribution in [-0.4, -0.2) is 224 Å². The summed E-state index contributed by atoms with van der Waals surface area (Å²) < 4.78 is 61.5. The summed E-state index contributed by atoms with van der Waals surface area (Å²) in [6, 6.07) is -0.846. The Balaban J connectivity index is 0.000000169. The number of Topliss-reactive ketones (excluding diaryl/α,β-unsaturated/α-hetero) is 1. The van der Waals surface area contributed by atoms with E-state index in [2.05, 4.69) is 39.9 Å². The molecule has 50 heteroatoms. The Bertz CT molecular complexity index is 5220. The number of aliphatic hydroxyl groups is 6. The number of nitrogens with one attached hydrogen (secondary N) is 4. The molecule has 0 amide bonds. The third-order valence-electron chi connectivity index (χ3n) is 17.7. The summed E-state index contributed by atoms with van der Waals surface area (Å²) in [6.45, 7) is 14.2. The Morgan fingerprint density at radius 2 is 0.771 bits per heavy atom. The number of hydrogen-bond acceptors (Lipinski definition) is 40. The average molecular weight is 1660 g/mol. The fraction of sp³-hybridized carbons (Fsp3) is 0.610. The molecule has 0 saturated carbocycles. The number of aromatic nitrogens is 12. The Labute approximate surface area is 637 Å². The number of ether oxygens (including phenoxy) is 10. The summed E-state index contributed by atoms with van der Waals surface area (Å²) in [5, 5.41) is 58.9. The molecular weight excluding hydrogens is 1580 g/mol. The van der Waals surface area contributed by atoms with E-state index in [1.165, 1.54) is 16.1 Å². The van der Waals surface area contributed by atoms with Crippen LogP contribution in [0.4, 0.5) is 23.8 Å². The minimum atomic E-state index is -1.53. The van der Waals surface area contributed by atoms with Gasteiger partial charge in [0.25, 0.3) is 22.2 Å². The number of esters is 2. The van der Waals surface area contributed by atoms with Crippen LogP contribution in [0, 0.1) is 17.8 Å². The summed E-state index contributed by atoms with van der Waals surface area (Å²) in [5.74, 6) is -4.60. The van der Waals surface area contributed by atoms with Crippen LogP contribution in [0.3, 0.4) is 0 Å². The molecule has 0 aliphatic carbocycles. The number of carbonyl (C=O) groups excluding carboxylic acids is 3. The molecular formula is C59H79Cl2N17O27S4. The number of halogens is 2. The molecule has 0 aromatic carbocycles. The zero-order chi connectivity index (χ0) is 78.2. The minimum absolute atomic E-state index is 0. The fourth-order valence-corrected chi connectivity index (χ4v) is 15.9. The number of H-pyrrole nitrogens is 4. The largest absolute Gasteiger partial charge is 0.463 e. The lowest BCUT2D eigenvalue weighted by molar-refractivity contribution is -0.203. The molecule has 0 spiro atoms. The van der Waals surface area contributed by atoms with Gasteiger partial charge in [-0.25, -0.2) is 0 Å². The van der Waals surface area contributed by atoms with E-state index in [4.69, 9.17) is 81.1 Å². The van der Waals surface area contributed by atoms with Gasteiger partial charge in [-0.3, -0.25) is 86.1 Å². The lowest BCUT2D eigenvalue weighted by Gasteiger charge is -2.25. The van der Waals surface area contributed by atoms with E-state index in [-0.39, 0.29) is 134 Å². The van der Waals surface area contributed by atoms with Gasteiger partial charge in [0.05, 0.1) is 19.1 Å². The highest BCUT2D eigenvalue weighted by Gasteiger charge is 2.59. The number of nitrogen functional groups attached to an aromatic ring is 4. The van der Waals surface area contributed by atoms with Gasteiger partial charge in [0.15, 0.2) is 59.1 Å². The highest BCUT2D eigenvalue weighted by molar-refractivity contribution is 7.17. The summed E-state index contributed by atoms with van der Waals surface area (Å²) in [5.41, 5.74) is 25.8. The molecule has 6 aliphatic heterocycles. The Kier molecular flexibility index (Phi) is 25.9. The van der Waals surface area contributed by atoms with E-state index in [9.17, 15) is 78.3 Å². The fourth-order valence-electron chi connectivity index (χ4n) is 12.6. The first-order chi connectivity index (χ1) is 50.2. The van der Waals surface area contributed by atoms with Crippen LogP contribution in [0.25, 0.3) is 41.4 Å². The molecule has 18 atom stereocenters. The molecule has 6 fully saturated rings. The number of thiazole rings is 4. The maximum atomic E-state index is 12.8. The molecule has 6 aliphatic rings. The number of ketones is 1. The quantitative estimate of drug-likeness (QED) is 0.0412. The normalized spacial score (nSPS) is 27.6. The predicted molar refractivity (Wildman–Crippen MR) is 390 cm³/mol. The van der Waals surface area contributed by atoms with Crippen LogP contribution in [0.1, 0.15) is 93.6 Å². The minimum Gasteiger partial charge on any atom is -0.463 e. The number of aromatic amines is 4. The molecule has 0 radical (unpaired) electrons. The number of rotatable bonds is 16. The lowest BCUT2D eigenvalue weighted by Crippen LogP contribution is -2.40. The van der Waals surface area contributed by atoms with Crippen molar-refractivity contribution in [3.8, 4) is 0 Å². The molecule has 2 unspecified atom stereocenters. The van der Waals surface area contributed by atoms with E-state index in [0.29, 0.717) is 22.7 Å². The summed E-state index contributed by atoms with van der Waals surface area (Å²) >= 11 is 2.69. The number of nitrogens with two attached hydrogens (primary N) is 5. The van der Waals surface area contributed by atoms with Crippen molar-refractivity contribution in [2.75, 3.05) is 49.4 Å². The van der Waals surface area contributed by atoms with Crippen LogP contribution in [0.5, 0.6) is 0 Å². The van der Waals surface area contributed by atoms with Gasteiger partial charge in [0.1, 0.15) is 117 Å². The van der Waals surface area contributed by atoms with Gasteiger partial charge >= 0.3 is 31.4 Å². The lowest BCUT2D eigenvalue weighted by atomic mass is 9.91. The second-order valence-corrected chi connectivity index (χ2v) is 30.7. The van der Waals surface area contributed by atoms with Crippen molar-refractivity contribution in [3.63, 3.8) is 0 Å². The molecule has 14 heterocycles. The van der Waals surface area contributed by atoms with E-state index >= 15 is 0 Å². The Morgan fingerprint density at radius 3 is 1.11 bits per heavy atom. The zero-order valence-corrected chi connectivity index (χ0v) is 63.7. The van der Waals surface area contributed by atoms with Gasteiger partial charge in [-0.15, -0.1) is 24.8 Å². The maximum Gasteiger partial charge on any atom is 0.323 e. The van der Waals surface area contributed by atoms with Gasteiger partial charge < -0.3 is 111 Å². The van der Waals surface area contributed by atoms with E-state index in [0.717, 1.165) is 31.8 Å². The monoisotopic (exact) mass is 1660 g/mol. The molecule has 8 aromatic heterocycles. The molecule has 8 aromatic rings.